The number of benzene rings is 2. The molecule has 0 spiro atoms. The van der Waals surface area contributed by atoms with Crippen LogP contribution >= 0.6 is 0 Å². The number of carbonyl (C=O) groups excluding carboxylic acids is 1. The molecule has 1 aliphatic rings. The summed E-state index contributed by atoms with van der Waals surface area (Å²) in [5.74, 6) is 1.09. The zero-order valence-electron chi connectivity index (χ0n) is 16.2. The molecule has 0 atom stereocenters. The van der Waals surface area contributed by atoms with Crippen LogP contribution in [0.25, 0.3) is 0 Å². The summed E-state index contributed by atoms with van der Waals surface area (Å²) in [5.41, 5.74) is 4.53. The Hall–Kier alpha value is -2.89. The van der Waals surface area contributed by atoms with E-state index < -0.39 is 0 Å². The lowest BCUT2D eigenvalue weighted by Crippen LogP contribution is -2.30. The number of hydrogen-bond donors (Lipinski definition) is 2. The minimum absolute atomic E-state index is 0.265. The molecule has 6 heteroatoms. The standard InChI is InChI=1S/C21H27N3O3/c1-24-13-5-6-16-14-15(9-10-18(16)24)11-12-22-21(25)23-17-7-4-8-19(26-2)20(17)27-3/h4,7-10,14H,5-6,11-13H2,1-3H3,(H2,22,23,25). The first kappa shape index (κ1) is 18.9. The third kappa shape index (κ3) is 4.45. The maximum Gasteiger partial charge on any atom is 0.319 e. The molecule has 144 valence electrons. The van der Waals surface area contributed by atoms with E-state index >= 15 is 0 Å². The molecule has 6 nitrogen and oxygen atoms in total. The molecule has 2 amide bonds. The lowest BCUT2D eigenvalue weighted by Gasteiger charge is -2.27. The first-order valence-corrected chi connectivity index (χ1v) is 9.21. The van der Waals surface area contributed by atoms with Crippen LogP contribution in [0.3, 0.4) is 0 Å². The summed E-state index contributed by atoms with van der Waals surface area (Å²) >= 11 is 0. The van der Waals surface area contributed by atoms with Crippen molar-refractivity contribution in [2.45, 2.75) is 19.3 Å². The summed E-state index contributed by atoms with van der Waals surface area (Å²) in [6.45, 7) is 1.68. The summed E-state index contributed by atoms with van der Waals surface area (Å²) < 4.78 is 10.6. The van der Waals surface area contributed by atoms with Crippen molar-refractivity contribution >= 4 is 17.4 Å². The normalized spacial score (nSPS) is 12.9. The van der Waals surface area contributed by atoms with Crippen molar-refractivity contribution in [3.63, 3.8) is 0 Å². The lowest BCUT2D eigenvalue weighted by molar-refractivity contribution is 0.252. The average Bonchev–Trinajstić information content (AvgIpc) is 2.68. The smallest absolute Gasteiger partial charge is 0.319 e. The largest absolute Gasteiger partial charge is 0.493 e. The van der Waals surface area contributed by atoms with Crippen LogP contribution in [-0.4, -0.2) is 40.4 Å². The van der Waals surface area contributed by atoms with E-state index in [0.29, 0.717) is 23.7 Å². The number of fused-ring (bicyclic) bond motifs is 1. The van der Waals surface area contributed by atoms with Gasteiger partial charge in [-0.2, -0.15) is 0 Å². The molecule has 2 N–H and O–H groups in total. The molecule has 0 bridgehead atoms. The van der Waals surface area contributed by atoms with Crippen LogP contribution in [0.2, 0.25) is 0 Å². The van der Waals surface area contributed by atoms with Gasteiger partial charge in [-0.3, -0.25) is 0 Å². The fraction of sp³-hybridized carbons (Fsp3) is 0.381. The van der Waals surface area contributed by atoms with E-state index in [1.54, 1.807) is 32.4 Å². The predicted octanol–water partition coefficient (Wildman–Crippen LogP) is 3.45. The second kappa shape index (κ2) is 8.66. The quantitative estimate of drug-likeness (QED) is 0.819. The molecular formula is C21H27N3O3. The molecule has 0 unspecified atom stereocenters. The molecule has 0 saturated heterocycles. The third-order valence-corrected chi connectivity index (χ3v) is 4.85. The Morgan fingerprint density at radius 1 is 1.19 bits per heavy atom. The van der Waals surface area contributed by atoms with Crippen LogP contribution in [0, 0.1) is 0 Å². The summed E-state index contributed by atoms with van der Waals surface area (Å²) in [4.78, 5) is 14.5. The zero-order chi connectivity index (χ0) is 19.2. The average molecular weight is 369 g/mol. The second-order valence-electron chi connectivity index (χ2n) is 6.66. The number of ether oxygens (including phenoxy) is 2. The van der Waals surface area contributed by atoms with E-state index in [2.05, 4.69) is 40.8 Å². The summed E-state index contributed by atoms with van der Waals surface area (Å²) in [5, 5.41) is 5.72. The number of nitrogens with one attached hydrogen (secondary N) is 2. The number of rotatable bonds is 6. The second-order valence-corrected chi connectivity index (χ2v) is 6.66. The van der Waals surface area contributed by atoms with E-state index in [1.807, 2.05) is 0 Å². The van der Waals surface area contributed by atoms with Crippen LogP contribution in [-0.2, 0) is 12.8 Å². The monoisotopic (exact) mass is 369 g/mol. The van der Waals surface area contributed by atoms with Gasteiger partial charge in [0.05, 0.1) is 19.9 Å². The van der Waals surface area contributed by atoms with Gasteiger partial charge in [0.2, 0.25) is 0 Å². The molecule has 2 aromatic rings. The van der Waals surface area contributed by atoms with Crippen molar-refractivity contribution in [3.05, 3.63) is 47.5 Å². The molecule has 3 rings (SSSR count). The molecule has 0 aliphatic carbocycles. The van der Waals surface area contributed by atoms with Gasteiger partial charge in [0.1, 0.15) is 0 Å². The van der Waals surface area contributed by atoms with E-state index in [0.717, 1.165) is 19.4 Å². The number of urea groups is 1. The van der Waals surface area contributed by atoms with Gasteiger partial charge < -0.3 is 25.0 Å². The Labute approximate surface area is 160 Å². The number of hydrogen-bond acceptors (Lipinski definition) is 4. The van der Waals surface area contributed by atoms with Crippen LogP contribution in [0.15, 0.2) is 36.4 Å². The lowest BCUT2D eigenvalue weighted by atomic mass is 9.98. The first-order chi connectivity index (χ1) is 13.1. The van der Waals surface area contributed by atoms with Crippen molar-refractivity contribution in [3.8, 4) is 11.5 Å². The van der Waals surface area contributed by atoms with Crippen molar-refractivity contribution in [2.24, 2.45) is 0 Å². The van der Waals surface area contributed by atoms with Crippen molar-refractivity contribution < 1.29 is 14.3 Å². The van der Waals surface area contributed by atoms with Crippen LogP contribution in [0.1, 0.15) is 17.5 Å². The molecular weight excluding hydrogens is 342 g/mol. The fourth-order valence-corrected chi connectivity index (χ4v) is 3.47. The molecule has 0 saturated carbocycles. The third-order valence-electron chi connectivity index (χ3n) is 4.85. The molecule has 1 aliphatic heterocycles. The number of aryl methyl sites for hydroxylation is 1. The van der Waals surface area contributed by atoms with Crippen LogP contribution in [0.5, 0.6) is 11.5 Å². The molecule has 0 fully saturated rings. The molecule has 27 heavy (non-hydrogen) atoms. The highest BCUT2D eigenvalue weighted by Crippen LogP contribution is 2.34. The van der Waals surface area contributed by atoms with E-state index in [-0.39, 0.29) is 6.03 Å². The number of methoxy groups -OCH3 is 2. The fourth-order valence-electron chi connectivity index (χ4n) is 3.47. The number of amides is 2. The Morgan fingerprint density at radius 2 is 2.04 bits per heavy atom. The van der Waals surface area contributed by atoms with Gasteiger partial charge in [0.15, 0.2) is 11.5 Å². The maximum atomic E-state index is 12.2. The highest BCUT2D eigenvalue weighted by molar-refractivity contribution is 5.91. The van der Waals surface area contributed by atoms with E-state index in [4.69, 9.17) is 9.47 Å². The van der Waals surface area contributed by atoms with Crippen molar-refractivity contribution in [2.75, 3.05) is 44.6 Å². The number of carbonyl (C=O) groups is 1. The first-order valence-electron chi connectivity index (χ1n) is 9.21. The zero-order valence-corrected chi connectivity index (χ0v) is 16.2. The van der Waals surface area contributed by atoms with E-state index in [9.17, 15) is 4.79 Å². The summed E-state index contributed by atoms with van der Waals surface area (Å²) in [6, 6.07) is 11.7. The van der Waals surface area contributed by atoms with Gasteiger partial charge in [-0.05, 0) is 48.6 Å². The SMILES string of the molecule is COc1cccc(NC(=O)NCCc2ccc3c(c2)CCCN3C)c1OC. The summed E-state index contributed by atoms with van der Waals surface area (Å²) in [7, 11) is 5.25. The molecule has 1 heterocycles. The van der Waals surface area contributed by atoms with Gasteiger partial charge in [-0.1, -0.05) is 18.2 Å². The number of anilines is 2. The van der Waals surface area contributed by atoms with Crippen molar-refractivity contribution in [1.82, 2.24) is 5.32 Å². The summed E-state index contributed by atoms with van der Waals surface area (Å²) in [6.07, 6.45) is 3.10. The predicted molar refractivity (Wildman–Crippen MR) is 108 cm³/mol. The molecule has 2 aromatic carbocycles. The Balaban J connectivity index is 1.55. The minimum Gasteiger partial charge on any atom is -0.493 e. The number of para-hydroxylation sites is 1. The molecule has 0 radical (unpaired) electrons. The number of nitrogens with zero attached hydrogens (tertiary/aromatic N) is 1. The van der Waals surface area contributed by atoms with Gasteiger partial charge >= 0.3 is 6.03 Å². The van der Waals surface area contributed by atoms with Crippen LogP contribution in [0.4, 0.5) is 16.2 Å². The topological polar surface area (TPSA) is 62.8 Å². The Kier molecular flexibility index (Phi) is 6.06. The molecule has 0 aromatic heterocycles. The Bertz CT molecular complexity index is 807. The highest BCUT2D eigenvalue weighted by atomic mass is 16.5. The Morgan fingerprint density at radius 3 is 2.81 bits per heavy atom. The highest BCUT2D eigenvalue weighted by Gasteiger charge is 2.14. The minimum atomic E-state index is -0.265. The van der Waals surface area contributed by atoms with Gasteiger partial charge in [-0.25, -0.2) is 4.79 Å². The van der Waals surface area contributed by atoms with E-state index in [1.165, 1.54) is 23.2 Å². The van der Waals surface area contributed by atoms with Gasteiger partial charge in [0, 0.05) is 25.8 Å². The van der Waals surface area contributed by atoms with Crippen LogP contribution < -0.4 is 25.0 Å². The van der Waals surface area contributed by atoms with Gasteiger partial charge in [-0.15, -0.1) is 0 Å². The maximum absolute atomic E-state index is 12.2. The van der Waals surface area contributed by atoms with Crippen molar-refractivity contribution in [1.29, 1.82) is 0 Å². The van der Waals surface area contributed by atoms with Gasteiger partial charge in [0.25, 0.3) is 0 Å².